The Kier molecular flexibility index (Phi) is 4.06. The smallest absolute Gasteiger partial charge is 0.181 e. The van der Waals surface area contributed by atoms with Crippen LogP contribution in [0, 0.1) is 12.3 Å². The van der Waals surface area contributed by atoms with Gasteiger partial charge in [0.1, 0.15) is 0 Å². The van der Waals surface area contributed by atoms with E-state index in [4.69, 9.17) is 28.9 Å². The van der Waals surface area contributed by atoms with Gasteiger partial charge < -0.3 is 0 Å². The minimum Gasteiger partial charge on any atom is -0.254 e. The Morgan fingerprint density at radius 3 is 2.38 bits per heavy atom. The highest BCUT2D eigenvalue weighted by atomic mass is 35.9. The van der Waals surface area contributed by atoms with Gasteiger partial charge in [0.2, 0.25) is 0 Å². The molecule has 0 rings (SSSR count). The van der Waals surface area contributed by atoms with Crippen molar-refractivity contribution in [2.24, 2.45) is 0 Å². The van der Waals surface area contributed by atoms with E-state index in [1.807, 2.05) is 0 Å². The lowest BCUT2D eigenvalue weighted by Gasteiger charge is -2.01. The van der Waals surface area contributed by atoms with Gasteiger partial charge in [-0.3, -0.25) is 5.09 Å². The molecule has 0 amide bonds. The summed E-state index contributed by atoms with van der Waals surface area (Å²) in [6.45, 7) is 0.338. The average molecular weight is 188 g/mol. The van der Waals surface area contributed by atoms with Gasteiger partial charge in [0, 0.05) is 0 Å². The molecule has 0 saturated carbocycles. The first-order valence-electron chi connectivity index (χ1n) is 1.74. The van der Waals surface area contributed by atoms with Crippen molar-refractivity contribution >= 4 is 39.2 Å². The number of hydrogen-bond donors (Lipinski definition) is 1. The van der Waals surface area contributed by atoms with Crippen LogP contribution in [0.3, 0.4) is 0 Å². The predicted octanol–water partition coefficient (Wildman–Crippen LogP) is 1.91. The SMILES string of the molecule is C#CCNP(=S)(Cl)Cl. The highest BCUT2D eigenvalue weighted by Gasteiger charge is 2.02. The van der Waals surface area contributed by atoms with Gasteiger partial charge in [-0.1, -0.05) is 28.4 Å². The Hall–Kier alpha value is 0.750. The molecule has 0 spiro atoms. The molecule has 1 nitrogen and oxygen atoms in total. The van der Waals surface area contributed by atoms with Crippen molar-refractivity contribution in [2.75, 3.05) is 6.54 Å². The number of rotatable bonds is 2. The maximum atomic E-state index is 5.40. The highest BCUT2D eigenvalue weighted by molar-refractivity contribution is 8.38. The first-order chi connectivity index (χ1) is 3.56. The second kappa shape index (κ2) is 3.71. The van der Waals surface area contributed by atoms with Crippen LogP contribution in [-0.4, -0.2) is 6.54 Å². The normalized spacial score (nSPS) is 10.6. The van der Waals surface area contributed by atoms with Crippen molar-refractivity contribution in [3.63, 3.8) is 0 Å². The van der Waals surface area contributed by atoms with Crippen LogP contribution in [0.1, 0.15) is 0 Å². The lowest BCUT2D eigenvalue weighted by molar-refractivity contribution is 1.16. The predicted molar refractivity (Wildman–Crippen MR) is 42.8 cm³/mol. The lowest BCUT2D eigenvalue weighted by atomic mass is 10.7. The second-order valence-corrected chi connectivity index (χ2v) is 8.65. The topological polar surface area (TPSA) is 12.0 Å². The number of hydrogen-bond acceptors (Lipinski definition) is 1. The van der Waals surface area contributed by atoms with Crippen LogP contribution in [0.15, 0.2) is 0 Å². The molecule has 46 valence electrons. The summed E-state index contributed by atoms with van der Waals surface area (Å²) in [7, 11) is 0. The van der Waals surface area contributed by atoms with Crippen LogP contribution in [-0.2, 0) is 11.8 Å². The van der Waals surface area contributed by atoms with Crippen molar-refractivity contribution in [1.29, 1.82) is 0 Å². The molecule has 0 aromatic heterocycles. The van der Waals surface area contributed by atoms with Crippen LogP contribution in [0.4, 0.5) is 0 Å². The third kappa shape index (κ3) is 6.75. The summed E-state index contributed by atoms with van der Waals surface area (Å²) in [6.07, 6.45) is 4.88. The minimum absolute atomic E-state index is 0.338. The second-order valence-electron chi connectivity index (χ2n) is 1.00. The van der Waals surface area contributed by atoms with Crippen LogP contribution in [0.25, 0.3) is 0 Å². The van der Waals surface area contributed by atoms with E-state index >= 15 is 0 Å². The number of terminal acetylenes is 1. The maximum absolute atomic E-state index is 5.40. The molecule has 0 aliphatic rings. The average Bonchev–Trinajstić information content (AvgIpc) is 1.59. The van der Waals surface area contributed by atoms with Gasteiger partial charge in [0.25, 0.3) is 0 Å². The van der Waals surface area contributed by atoms with Gasteiger partial charge in [-0.05, 0) is 11.8 Å². The molecule has 1 N–H and O–H groups in total. The van der Waals surface area contributed by atoms with Crippen LogP contribution < -0.4 is 5.09 Å². The first kappa shape index (κ1) is 8.75. The van der Waals surface area contributed by atoms with Crippen molar-refractivity contribution in [3.05, 3.63) is 0 Å². The maximum Gasteiger partial charge on any atom is 0.181 e. The molecule has 0 radical (unpaired) electrons. The fraction of sp³-hybridized carbons (Fsp3) is 0.333. The van der Waals surface area contributed by atoms with Gasteiger partial charge in [-0.15, -0.1) is 6.42 Å². The van der Waals surface area contributed by atoms with Gasteiger partial charge in [0.15, 0.2) is 4.89 Å². The fourth-order valence-corrected chi connectivity index (χ4v) is 0.965. The van der Waals surface area contributed by atoms with E-state index in [9.17, 15) is 0 Å². The summed E-state index contributed by atoms with van der Waals surface area (Å²) in [4.78, 5) is -2.30. The Labute approximate surface area is 63.4 Å². The lowest BCUT2D eigenvalue weighted by Crippen LogP contribution is -2.02. The third-order valence-corrected chi connectivity index (χ3v) is 2.00. The first-order valence-corrected chi connectivity index (χ1v) is 6.35. The van der Waals surface area contributed by atoms with E-state index in [1.54, 1.807) is 0 Å². The van der Waals surface area contributed by atoms with Crippen molar-refractivity contribution in [3.8, 4) is 12.3 Å². The Balaban J connectivity index is 3.45. The largest absolute Gasteiger partial charge is 0.254 e. The zero-order valence-corrected chi connectivity index (χ0v) is 7.12. The summed E-state index contributed by atoms with van der Waals surface area (Å²) in [5.41, 5.74) is 0. The molecule has 0 atom stereocenters. The van der Waals surface area contributed by atoms with E-state index in [-0.39, 0.29) is 0 Å². The quantitative estimate of drug-likeness (QED) is 0.524. The molecule has 0 heterocycles. The van der Waals surface area contributed by atoms with Gasteiger partial charge in [0.05, 0.1) is 6.54 Å². The number of nitrogens with one attached hydrogen (secondary N) is 1. The highest BCUT2D eigenvalue weighted by Crippen LogP contribution is 2.52. The van der Waals surface area contributed by atoms with Crippen molar-refractivity contribution in [2.45, 2.75) is 0 Å². The zero-order chi connectivity index (χ0) is 6.62. The molecule has 0 saturated heterocycles. The molecule has 0 aliphatic carbocycles. The van der Waals surface area contributed by atoms with E-state index in [1.165, 1.54) is 0 Å². The van der Waals surface area contributed by atoms with Gasteiger partial charge in [-0.25, -0.2) is 0 Å². The summed E-state index contributed by atoms with van der Waals surface area (Å²) >= 11 is 15.4. The molecule has 0 aromatic rings. The van der Waals surface area contributed by atoms with Crippen molar-refractivity contribution < 1.29 is 0 Å². The van der Waals surface area contributed by atoms with Crippen molar-refractivity contribution in [1.82, 2.24) is 5.09 Å². The monoisotopic (exact) mass is 187 g/mol. The van der Waals surface area contributed by atoms with Crippen LogP contribution >= 0.6 is 27.4 Å². The van der Waals surface area contributed by atoms with Gasteiger partial charge in [-0.2, -0.15) is 0 Å². The molecule has 0 aliphatic heterocycles. The molecule has 5 heteroatoms. The summed E-state index contributed by atoms with van der Waals surface area (Å²) < 4.78 is 0. The van der Waals surface area contributed by atoms with E-state index in [0.29, 0.717) is 6.54 Å². The molecule has 8 heavy (non-hydrogen) atoms. The fourth-order valence-electron chi connectivity index (χ4n) is 0.138. The summed E-state index contributed by atoms with van der Waals surface area (Å²) in [5, 5.41) is 2.59. The third-order valence-electron chi connectivity index (χ3n) is 0.365. The Bertz CT molecular complexity index is 146. The van der Waals surface area contributed by atoms with Crippen LogP contribution in [0.2, 0.25) is 0 Å². The Morgan fingerprint density at radius 2 is 2.25 bits per heavy atom. The van der Waals surface area contributed by atoms with E-state index in [0.717, 1.165) is 0 Å². The molecule has 0 unspecified atom stereocenters. The minimum atomic E-state index is -2.30. The van der Waals surface area contributed by atoms with Crippen LogP contribution in [0.5, 0.6) is 0 Å². The zero-order valence-electron chi connectivity index (χ0n) is 3.90. The summed E-state index contributed by atoms with van der Waals surface area (Å²) in [6, 6.07) is 0. The standard InChI is InChI=1S/C3H4Cl2NPS/c1-2-3-6-7(4,5)8/h1H,3H2,(H,6,8). The molecule has 0 bridgehead atoms. The number of halogens is 2. The Morgan fingerprint density at radius 1 is 1.75 bits per heavy atom. The van der Waals surface area contributed by atoms with Gasteiger partial charge >= 0.3 is 0 Å². The molecular formula is C3H4Cl2NPS. The molecule has 0 fully saturated rings. The molecule has 0 aromatic carbocycles. The van der Waals surface area contributed by atoms with E-state index in [2.05, 4.69) is 22.8 Å². The molecular weight excluding hydrogens is 184 g/mol. The van der Waals surface area contributed by atoms with E-state index < -0.39 is 4.89 Å². The summed E-state index contributed by atoms with van der Waals surface area (Å²) in [5.74, 6) is 2.31.